The summed E-state index contributed by atoms with van der Waals surface area (Å²) in [7, 11) is 1.40. The molecule has 0 saturated carbocycles. The standard InChI is InChI=1S/C21H21N2O2.BrH/c1-25-21(24)18-11-9-16(10-12-18)14-22-15-19(17-6-3-2-4-7-17)23-13-5-8-20(22)23;/h2-4,6-7,9-12,15H,5,8,13-14H2,1H3;1H/q+1;/p-1. The minimum absolute atomic E-state index is 0. The Morgan fingerprint density at radius 2 is 1.85 bits per heavy atom. The summed E-state index contributed by atoms with van der Waals surface area (Å²) in [6, 6.07) is 18.2. The van der Waals surface area contributed by atoms with Crippen molar-refractivity contribution in [3.63, 3.8) is 0 Å². The number of hydrogen-bond donors (Lipinski definition) is 0. The van der Waals surface area contributed by atoms with Crippen LogP contribution in [0.25, 0.3) is 11.3 Å². The van der Waals surface area contributed by atoms with Crippen LogP contribution in [0.15, 0.2) is 60.8 Å². The molecule has 0 atom stereocenters. The molecule has 0 spiro atoms. The molecular weight excluding hydrogens is 392 g/mol. The summed E-state index contributed by atoms with van der Waals surface area (Å²) < 4.78 is 9.52. The number of hydrogen-bond acceptors (Lipinski definition) is 2. The van der Waals surface area contributed by atoms with E-state index in [9.17, 15) is 4.79 Å². The second kappa shape index (κ2) is 7.87. The maximum Gasteiger partial charge on any atom is 0.337 e. The van der Waals surface area contributed by atoms with E-state index in [-0.39, 0.29) is 23.0 Å². The number of carbonyl (C=O) groups is 1. The molecule has 2 aromatic carbocycles. The summed E-state index contributed by atoms with van der Waals surface area (Å²) in [6.07, 6.45) is 4.54. The number of aromatic nitrogens is 2. The fraction of sp³-hybridized carbons (Fsp3) is 0.238. The molecule has 4 rings (SSSR count). The van der Waals surface area contributed by atoms with Crippen molar-refractivity contribution in [2.75, 3.05) is 7.11 Å². The van der Waals surface area contributed by atoms with Crippen LogP contribution in [0.1, 0.15) is 28.2 Å². The van der Waals surface area contributed by atoms with Gasteiger partial charge < -0.3 is 21.7 Å². The maximum absolute atomic E-state index is 11.6. The minimum Gasteiger partial charge on any atom is -1.00 e. The summed E-state index contributed by atoms with van der Waals surface area (Å²) in [5, 5.41) is 0. The van der Waals surface area contributed by atoms with Crippen molar-refractivity contribution >= 4 is 5.97 Å². The first-order valence-electron chi connectivity index (χ1n) is 8.61. The third-order valence-corrected chi connectivity index (χ3v) is 4.79. The molecule has 0 amide bonds. The van der Waals surface area contributed by atoms with Gasteiger partial charge >= 0.3 is 5.97 Å². The van der Waals surface area contributed by atoms with E-state index in [1.165, 1.54) is 36.2 Å². The van der Waals surface area contributed by atoms with Crippen LogP contribution in [0, 0.1) is 0 Å². The van der Waals surface area contributed by atoms with Gasteiger partial charge in [-0.25, -0.2) is 13.9 Å². The molecule has 0 N–H and O–H groups in total. The van der Waals surface area contributed by atoms with Crippen LogP contribution < -0.4 is 21.5 Å². The molecular formula is C21H21BrN2O2. The van der Waals surface area contributed by atoms with Gasteiger partial charge in [0, 0.05) is 5.56 Å². The summed E-state index contributed by atoms with van der Waals surface area (Å²) in [5.41, 5.74) is 4.30. The maximum atomic E-state index is 11.6. The lowest BCUT2D eigenvalue weighted by Gasteiger charge is -2.02. The molecule has 0 unspecified atom stereocenters. The number of rotatable bonds is 4. The molecule has 0 aliphatic carbocycles. The summed E-state index contributed by atoms with van der Waals surface area (Å²) >= 11 is 0. The second-order valence-electron chi connectivity index (χ2n) is 6.37. The van der Waals surface area contributed by atoms with Gasteiger partial charge in [0.05, 0.1) is 25.6 Å². The highest BCUT2D eigenvalue weighted by molar-refractivity contribution is 5.89. The number of esters is 1. The van der Waals surface area contributed by atoms with Crippen molar-refractivity contribution in [2.45, 2.75) is 25.9 Å². The van der Waals surface area contributed by atoms with Crippen LogP contribution >= 0.6 is 0 Å². The monoisotopic (exact) mass is 412 g/mol. The number of ether oxygens (including phenoxy) is 1. The van der Waals surface area contributed by atoms with Gasteiger partial charge in [0.15, 0.2) is 5.69 Å². The zero-order valence-electron chi connectivity index (χ0n) is 14.7. The minimum atomic E-state index is -0.296. The van der Waals surface area contributed by atoms with Crippen molar-refractivity contribution in [1.82, 2.24) is 4.57 Å². The van der Waals surface area contributed by atoms with Crippen molar-refractivity contribution in [1.29, 1.82) is 0 Å². The molecule has 0 radical (unpaired) electrons. The molecule has 26 heavy (non-hydrogen) atoms. The highest BCUT2D eigenvalue weighted by Crippen LogP contribution is 2.24. The van der Waals surface area contributed by atoms with Gasteiger partial charge in [0.2, 0.25) is 0 Å². The molecule has 0 bridgehead atoms. The SMILES string of the molecule is COC(=O)c1ccc(C[n+]2cc(-c3ccccc3)n3c2CCC3)cc1.[Br-]. The molecule has 134 valence electrons. The Morgan fingerprint density at radius 3 is 2.54 bits per heavy atom. The second-order valence-corrected chi connectivity index (χ2v) is 6.37. The molecule has 0 fully saturated rings. The van der Waals surface area contributed by atoms with E-state index in [1.54, 1.807) is 0 Å². The van der Waals surface area contributed by atoms with Crippen LogP contribution in [0.2, 0.25) is 0 Å². The first-order chi connectivity index (χ1) is 12.3. The van der Waals surface area contributed by atoms with E-state index in [1.807, 2.05) is 30.3 Å². The number of halogens is 1. The third-order valence-electron chi connectivity index (χ3n) is 4.79. The Bertz CT molecular complexity index is 902. The molecule has 2 heterocycles. The average molecular weight is 413 g/mol. The van der Waals surface area contributed by atoms with Crippen molar-refractivity contribution < 1.29 is 31.1 Å². The van der Waals surface area contributed by atoms with Crippen molar-refractivity contribution in [3.05, 3.63) is 77.7 Å². The average Bonchev–Trinajstić information content (AvgIpc) is 3.26. The van der Waals surface area contributed by atoms with Gasteiger partial charge in [-0.05, 0) is 24.1 Å². The Morgan fingerprint density at radius 1 is 1.12 bits per heavy atom. The number of nitrogens with zero attached hydrogens (tertiary/aromatic N) is 2. The topological polar surface area (TPSA) is 35.1 Å². The lowest BCUT2D eigenvalue weighted by Crippen LogP contribution is -3.00. The van der Waals surface area contributed by atoms with Crippen LogP contribution in [0.3, 0.4) is 0 Å². The van der Waals surface area contributed by atoms with Gasteiger partial charge in [-0.1, -0.05) is 42.5 Å². The van der Waals surface area contributed by atoms with Crippen LogP contribution in [-0.4, -0.2) is 17.6 Å². The highest BCUT2D eigenvalue weighted by Gasteiger charge is 2.28. The van der Waals surface area contributed by atoms with E-state index in [2.05, 4.69) is 39.6 Å². The zero-order valence-corrected chi connectivity index (χ0v) is 16.3. The smallest absolute Gasteiger partial charge is 0.337 e. The number of benzene rings is 2. The quantitative estimate of drug-likeness (QED) is 0.454. The Labute approximate surface area is 163 Å². The first kappa shape index (κ1) is 18.4. The molecule has 5 heteroatoms. The van der Waals surface area contributed by atoms with Gasteiger partial charge in [-0.15, -0.1) is 0 Å². The third kappa shape index (κ3) is 3.44. The van der Waals surface area contributed by atoms with Crippen molar-refractivity contribution in [3.8, 4) is 11.3 Å². The van der Waals surface area contributed by atoms with Crippen LogP contribution in [0.5, 0.6) is 0 Å². The predicted molar refractivity (Wildman–Crippen MR) is 95.3 cm³/mol. The van der Waals surface area contributed by atoms with Crippen LogP contribution in [-0.2, 0) is 24.2 Å². The Balaban J connectivity index is 0.00000196. The molecule has 1 aliphatic heterocycles. The zero-order chi connectivity index (χ0) is 17.2. The van der Waals surface area contributed by atoms with Gasteiger partial charge in [0.25, 0.3) is 5.82 Å². The Hall–Kier alpha value is -2.40. The molecule has 4 nitrogen and oxygen atoms in total. The summed E-state index contributed by atoms with van der Waals surface area (Å²) in [4.78, 5) is 11.6. The van der Waals surface area contributed by atoms with E-state index in [0.29, 0.717) is 5.56 Å². The highest BCUT2D eigenvalue weighted by atomic mass is 79.9. The fourth-order valence-corrected chi connectivity index (χ4v) is 3.55. The van der Waals surface area contributed by atoms with E-state index in [4.69, 9.17) is 4.74 Å². The first-order valence-corrected chi connectivity index (χ1v) is 8.61. The van der Waals surface area contributed by atoms with E-state index in [0.717, 1.165) is 19.5 Å². The summed E-state index contributed by atoms with van der Waals surface area (Å²) in [5.74, 6) is 1.08. The molecule has 0 saturated heterocycles. The number of carbonyl (C=O) groups excluding carboxylic acids is 1. The summed E-state index contributed by atoms with van der Waals surface area (Å²) in [6.45, 7) is 1.89. The largest absolute Gasteiger partial charge is 1.00 e. The van der Waals surface area contributed by atoms with Gasteiger partial charge in [-0.2, -0.15) is 0 Å². The van der Waals surface area contributed by atoms with E-state index < -0.39 is 0 Å². The number of methoxy groups -OCH3 is 1. The molecule has 3 aromatic rings. The fourth-order valence-electron chi connectivity index (χ4n) is 3.55. The lowest BCUT2D eigenvalue weighted by atomic mass is 10.1. The predicted octanol–water partition coefficient (Wildman–Crippen LogP) is 0.228. The molecule has 1 aromatic heterocycles. The molecule has 1 aliphatic rings. The van der Waals surface area contributed by atoms with Gasteiger partial charge in [0.1, 0.15) is 12.7 Å². The van der Waals surface area contributed by atoms with Crippen molar-refractivity contribution in [2.24, 2.45) is 0 Å². The van der Waals surface area contributed by atoms with E-state index >= 15 is 0 Å². The lowest BCUT2D eigenvalue weighted by molar-refractivity contribution is -0.694. The number of imidazole rings is 1. The normalized spacial score (nSPS) is 12.3. The van der Waals surface area contributed by atoms with Gasteiger partial charge in [-0.3, -0.25) is 0 Å². The number of fused-ring (bicyclic) bond motifs is 1. The van der Waals surface area contributed by atoms with Crippen LogP contribution in [0.4, 0.5) is 0 Å². The Kier molecular flexibility index (Phi) is 5.57.